The Morgan fingerprint density at radius 1 is 0.960 bits per heavy atom. The van der Waals surface area contributed by atoms with Crippen molar-refractivity contribution in [1.82, 2.24) is 15.2 Å². The van der Waals surface area contributed by atoms with Crippen LogP contribution in [0.3, 0.4) is 0 Å². The maximum absolute atomic E-state index is 14.6. The second-order valence-electron chi connectivity index (χ2n) is 12.1. The number of urea groups is 1. The lowest BCUT2D eigenvalue weighted by molar-refractivity contribution is 0.0996. The number of halogens is 3. The Balaban J connectivity index is 1.21. The molecule has 2 heterocycles. The van der Waals surface area contributed by atoms with E-state index in [1.54, 1.807) is 36.4 Å². The summed E-state index contributed by atoms with van der Waals surface area (Å²) in [5, 5.41) is 5.06. The first kappa shape index (κ1) is 35.7. The van der Waals surface area contributed by atoms with Gasteiger partial charge in [0, 0.05) is 55.2 Å². The smallest absolute Gasteiger partial charge is 0.412 e. The molecule has 0 radical (unpaired) electrons. The van der Waals surface area contributed by atoms with E-state index in [1.165, 1.54) is 23.1 Å². The van der Waals surface area contributed by atoms with Gasteiger partial charge in [-0.2, -0.15) is 0 Å². The Morgan fingerprint density at radius 2 is 1.66 bits per heavy atom. The lowest BCUT2D eigenvalue weighted by atomic mass is 10.0. The average Bonchev–Trinajstić information content (AvgIpc) is 3.05. The van der Waals surface area contributed by atoms with E-state index < -0.39 is 46.7 Å². The average molecular weight is 691 g/mol. The van der Waals surface area contributed by atoms with E-state index in [4.69, 9.17) is 15.2 Å². The highest BCUT2D eigenvalue weighted by molar-refractivity contribution is 6.03. The van der Waals surface area contributed by atoms with Gasteiger partial charge in [-0.3, -0.25) is 14.6 Å². The fourth-order valence-electron chi connectivity index (χ4n) is 5.56. The topological polar surface area (TPSA) is 139 Å². The van der Waals surface area contributed by atoms with E-state index in [-0.39, 0.29) is 17.8 Å². The quantitative estimate of drug-likeness (QED) is 0.165. The standard InChI is InChI=1S/C36H37F3N6O5/c1-21(2)41-36(48)50-28-10-8-27(9-11-28)49-33-12-7-23(22(3)42-33)20-44-15-13-25(14-16-44)45(26-6-4-5-24(37)17-26)35(47)43-32-18-29(34(40)46)30(38)19-31(32)39/h4-12,17-19,21,25H,13-16,20H2,1-3H3,(H2,40,46)(H,41,48)(H,43,47). The number of likely N-dealkylation sites (tertiary alicyclic amines) is 1. The second-order valence-corrected chi connectivity index (χ2v) is 12.1. The summed E-state index contributed by atoms with van der Waals surface area (Å²) >= 11 is 0. The van der Waals surface area contributed by atoms with Crippen LogP contribution in [-0.4, -0.2) is 53.1 Å². The molecule has 1 aliphatic heterocycles. The lowest BCUT2D eigenvalue weighted by Gasteiger charge is -2.38. The number of primary amides is 1. The van der Waals surface area contributed by atoms with Gasteiger partial charge < -0.3 is 25.8 Å². The third kappa shape index (κ3) is 9.08. The number of piperidine rings is 1. The predicted octanol–water partition coefficient (Wildman–Crippen LogP) is 6.90. The fourth-order valence-corrected chi connectivity index (χ4v) is 5.56. The van der Waals surface area contributed by atoms with Crippen molar-refractivity contribution in [2.45, 2.75) is 52.2 Å². The monoisotopic (exact) mass is 690 g/mol. The number of anilines is 2. The van der Waals surface area contributed by atoms with Crippen molar-refractivity contribution in [2.24, 2.45) is 5.73 Å². The Morgan fingerprint density at radius 3 is 2.30 bits per heavy atom. The van der Waals surface area contributed by atoms with Crippen LogP contribution in [0.2, 0.25) is 0 Å². The fraction of sp³-hybridized carbons (Fsp3) is 0.278. The molecule has 0 atom stereocenters. The SMILES string of the molecule is Cc1nc(Oc2ccc(OC(=O)NC(C)C)cc2)ccc1CN1CCC(N(C(=O)Nc2cc(C(N)=O)c(F)cc2F)c2cccc(F)c2)CC1. The number of ether oxygens (including phenoxy) is 2. The zero-order valence-corrected chi connectivity index (χ0v) is 27.7. The largest absolute Gasteiger partial charge is 0.439 e. The van der Waals surface area contributed by atoms with Gasteiger partial charge >= 0.3 is 12.1 Å². The molecule has 4 amide bonds. The summed E-state index contributed by atoms with van der Waals surface area (Å²) in [6, 6.07) is 15.9. The van der Waals surface area contributed by atoms with E-state index >= 15 is 0 Å². The van der Waals surface area contributed by atoms with E-state index in [1.807, 2.05) is 26.8 Å². The van der Waals surface area contributed by atoms with E-state index in [9.17, 15) is 27.6 Å². The van der Waals surface area contributed by atoms with Crippen molar-refractivity contribution < 1.29 is 37.0 Å². The molecule has 0 saturated carbocycles. The van der Waals surface area contributed by atoms with Crippen LogP contribution in [0, 0.1) is 24.4 Å². The molecule has 262 valence electrons. The second kappa shape index (κ2) is 15.7. The summed E-state index contributed by atoms with van der Waals surface area (Å²) in [5.74, 6) is -2.63. The highest BCUT2D eigenvalue weighted by atomic mass is 19.1. The van der Waals surface area contributed by atoms with Crippen molar-refractivity contribution in [3.63, 3.8) is 0 Å². The predicted molar refractivity (Wildman–Crippen MR) is 181 cm³/mol. The minimum absolute atomic E-state index is 0.0467. The van der Waals surface area contributed by atoms with Crippen LogP contribution in [0.5, 0.6) is 17.4 Å². The first-order valence-electron chi connectivity index (χ1n) is 16.0. The van der Waals surface area contributed by atoms with Gasteiger partial charge in [0.05, 0.1) is 11.3 Å². The number of hydrogen-bond acceptors (Lipinski definition) is 7. The van der Waals surface area contributed by atoms with E-state index in [0.29, 0.717) is 55.9 Å². The summed E-state index contributed by atoms with van der Waals surface area (Å²) < 4.78 is 54.1. The van der Waals surface area contributed by atoms with Crippen LogP contribution in [0.15, 0.2) is 72.8 Å². The van der Waals surface area contributed by atoms with Crippen LogP contribution in [-0.2, 0) is 6.54 Å². The molecule has 1 aromatic heterocycles. The van der Waals surface area contributed by atoms with Gasteiger partial charge in [0.2, 0.25) is 5.88 Å². The third-order valence-electron chi connectivity index (χ3n) is 8.02. The molecule has 3 aromatic carbocycles. The molecule has 0 aliphatic carbocycles. The molecular weight excluding hydrogens is 653 g/mol. The van der Waals surface area contributed by atoms with E-state index in [2.05, 4.69) is 20.5 Å². The van der Waals surface area contributed by atoms with Crippen molar-refractivity contribution >= 4 is 29.4 Å². The van der Waals surface area contributed by atoms with Gasteiger partial charge in [-0.15, -0.1) is 0 Å². The first-order chi connectivity index (χ1) is 23.9. The van der Waals surface area contributed by atoms with Crippen molar-refractivity contribution in [2.75, 3.05) is 23.3 Å². The van der Waals surface area contributed by atoms with E-state index in [0.717, 1.165) is 17.3 Å². The Kier molecular flexibility index (Phi) is 11.2. The number of hydrogen-bond donors (Lipinski definition) is 3. The van der Waals surface area contributed by atoms with Gasteiger partial charge in [0.25, 0.3) is 5.91 Å². The zero-order valence-electron chi connectivity index (χ0n) is 27.7. The number of benzene rings is 3. The summed E-state index contributed by atoms with van der Waals surface area (Å²) in [4.78, 5) is 45.2. The van der Waals surface area contributed by atoms with Gasteiger partial charge in [-0.05, 0) is 87.7 Å². The minimum Gasteiger partial charge on any atom is -0.439 e. The molecule has 4 N–H and O–H groups in total. The van der Waals surface area contributed by atoms with Crippen LogP contribution in [0.4, 0.5) is 34.1 Å². The van der Waals surface area contributed by atoms with Crippen LogP contribution < -0.4 is 30.7 Å². The summed E-state index contributed by atoms with van der Waals surface area (Å²) in [6.45, 7) is 7.31. The van der Waals surface area contributed by atoms with Gasteiger partial charge in [0.1, 0.15) is 29.0 Å². The third-order valence-corrected chi connectivity index (χ3v) is 8.02. The molecule has 1 fully saturated rings. The number of nitrogens with zero attached hydrogens (tertiary/aromatic N) is 3. The Labute approximate surface area is 287 Å². The van der Waals surface area contributed by atoms with Crippen molar-refractivity contribution in [3.8, 4) is 17.4 Å². The number of aryl methyl sites for hydroxylation is 1. The summed E-state index contributed by atoms with van der Waals surface area (Å²) in [6.07, 6.45) is 0.476. The molecule has 1 aliphatic rings. The maximum Gasteiger partial charge on any atom is 0.412 e. The van der Waals surface area contributed by atoms with Crippen molar-refractivity contribution in [3.05, 3.63) is 107 Å². The van der Waals surface area contributed by atoms with Crippen molar-refractivity contribution in [1.29, 1.82) is 0 Å². The number of carbonyl (C=O) groups excluding carboxylic acids is 3. The van der Waals surface area contributed by atoms with Crippen LogP contribution in [0.1, 0.15) is 48.3 Å². The highest BCUT2D eigenvalue weighted by Crippen LogP contribution is 2.29. The number of amides is 4. The molecule has 4 aromatic rings. The molecule has 14 heteroatoms. The number of nitrogens with two attached hydrogens (primary N) is 1. The number of nitrogens with one attached hydrogen (secondary N) is 2. The normalized spacial score (nSPS) is 13.5. The minimum atomic E-state index is -1.15. The molecule has 5 rings (SSSR count). The molecule has 50 heavy (non-hydrogen) atoms. The molecular formula is C36H37F3N6O5. The number of aromatic nitrogens is 1. The zero-order chi connectivity index (χ0) is 35.9. The molecule has 11 nitrogen and oxygen atoms in total. The Bertz CT molecular complexity index is 1870. The summed E-state index contributed by atoms with van der Waals surface area (Å²) in [7, 11) is 0. The van der Waals surface area contributed by atoms with Crippen LogP contribution >= 0.6 is 0 Å². The highest BCUT2D eigenvalue weighted by Gasteiger charge is 2.31. The number of carbonyl (C=O) groups is 3. The van der Waals surface area contributed by atoms with Gasteiger partial charge in [-0.25, -0.2) is 27.7 Å². The van der Waals surface area contributed by atoms with Gasteiger partial charge in [0.15, 0.2) is 0 Å². The molecule has 0 spiro atoms. The molecule has 0 unspecified atom stereocenters. The lowest BCUT2D eigenvalue weighted by Crippen LogP contribution is -2.49. The molecule has 1 saturated heterocycles. The Hall–Kier alpha value is -5.63. The maximum atomic E-state index is 14.6. The summed E-state index contributed by atoms with van der Waals surface area (Å²) in [5.41, 5.74) is 6.19. The first-order valence-corrected chi connectivity index (χ1v) is 16.0. The molecule has 0 bridgehead atoms. The number of pyridine rings is 1. The van der Waals surface area contributed by atoms with Crippen LogP contribution in [0.25, 0.3) is 0 Å². The number of rotatable bonds is 10. The van der Waals surface area contributed by atoms with Gasteiger partial charge in [-0.1, -0.05) is 12.1 Å².